The van der Waals surface area contributed by atoms with Crippen LogP contribution in [-0.4, -0.2) is 41.3 Å². The van der Waals surface area contributed by atoms with Crippen LogP contribution in [0.25, 0.3) is 5.41 Å². The van der Waals surface area contributed by atoms with Crippen molar-refractivity contribution in [2.45, 2.75) is 26.4 Å². The van der Waals surface area contributed by atoms with Crippen molar-refractivity contribution in [2.75, 3.05) is 19.0 Å². The first kappa shape index (κ1) is 20.4. The Morgan fingerprint density at radius 3 is 2.56 bits per heavy atom. The van der Waals surface area contributed by atoms with E-state index in [4.69, 9.17) is 26.5 Å². The summed E-state index contributed by atoms with van der Waals surface area (Å²) in [6.07, 6.45) is 2.44. The van der Waals surface area contributed by atoms with Crippen LogP contribution in [0.4, 0.5) is 5.82 Å². The van der Waals surface area contributed by atoms with Crippen LogP contribution < -0.4 is 15.4 Å². The number of carbonyl (C=O) groups excluding carboxylic acids is 2. The second kappa shape index (κ2) is 9.03. The van der Waals surface area contributed by atoms with Gasteiger partial charge in [0.05, 0.1) is 12.8 Å². The number of carbonyl (C=O) groups is 2. The number of nitrogens with one attached hydrogen (secondary N) is 2. The third-order valence-corrected chi connectivity index (χ3v) is 2.98. The van der Waals surface area contributed by atoms with Crippen molar-refractivity contribution in [2.24, 2.45) is 0 Å². The molecule has 1 heterocycles. The minimum absolute atomic E-state index is 0.00280. The van der Waals surface area contributed by atoms with Gasteiger partial charge in [-0.3, -0.25) is 4.79 Å². The number of likely N-dealkylation sites (N-methyl/N-ethyl adjacent to an activating group) is 1. The Morgan fingerprint density at radius 1 is 1.40 bits per heavy atom. The zero-order valence-electron chi connectivity index (χ0n) is 14.4. The predicted octanol–water partition coefficient (Wildman–Crippen LogP) is 2.05. The lowest BCUT2D eigenvalue weighted by Crippen LogP contribution is -2.39. The number of aromatic nitrogens is 1. The van der Waals surface area contributed by atoms with Crippen molar-refractivity contribution in [1.29, 1.82) is 0 Å². The maximum absolute atomic E-state index is 11.8. The van der Waals surface area contributed by atoms with E-state index < -0.39 is 22.6 Å². The normalized spacial score (nSPS) is 11.5. The van der Waals surface area contributed by atoms with Crippen LogP contribution in [0.15, 0.2) is 30.1 Å². The summed E-state index contributed by atoms with van der Waals surface area (Å²) >= 11 is 5.38. The number of hydrogen-bond acceptors (Lipinski definition) is 6. The van der Waals surface area contributed by atoms with Gasteiger partial charge in [-0.05, 0) is 39.0 Å². The van der Waals surface area contributed by atoms with Crippen LogP contribution in [0.3, 0.4) is 0 Å². The SMILES string of the molecule is CCOC(=O)C(C)(C)Oc1ccc(N/C(=C/C(=[N-])Cl)C(=O)NC)nc1. The quantitative estimate of drug-likeness (QED) is 0.413. The topological polar surface area (TPSA) is 112 Å². The lowest BCUT2D eigenvalue weighted by atomic mass is 10.1. The fourth-order valence-electron chi connectivity index (χ4n) is 1.71. The average molecular weight is 368 g/mol. The van der Waals surface area contributed by atoms with E-state index in [1.54, 1.807) is 32.9 Å². The lowest BCUT2D eigenvalue weighted by Gasteiger charge is -2.23. The highest BCUT2D eigenvalue weighted by atomic mass is 35.5. The van der Waals surface area contributed by atoms with E-state index in [0.29, 0.717) is 11.6 Å². The van der Waals surface area contributed by atoms with Crippen molar-refractivity contribution >= 4 is 34.5 Å². The molecule has 0 aromatic carbocycles. The summed E-state index contributed by atoms with van der Waals surface area (Å²) in [6.45, 7) is 5.14. The molecule has 1 rings (SSSR count). The molecule has 8 nitrogen and oxygen atoms in total. The van der Waals surface area contributed by atoms with Gasteiger partial charge < -0.3 is 25.5 Å². The second-order valence-corrected chi connectivity index (χ2v) is 5.68. The minimum Gasteiger partial charge on any atom is -0.793 e. The van der Waals surface area contributed by atoms with E-state index in [2.05, 4.69) is 15.6 Å². The molecule has 0 aliphatic heterocycles. The summed E-state index contributed by atoms with van der Waals surface area (Å²) in [4.78, 5) is 27.6. The Kier molecular flexibility index (Phi) is 7.38. The highest BCUT2D eigenvalue weighted by Crippen LogP contribution is 2.20. The van der Waals surface area contributed by atoms with Gasteiger partial charge in [0.2, 0.25) is 0 Å². The van der Waals surface area contributed by atoms with Gasteiger partial charge >= 0.3 is 5.97 Å². The summed E-state index contributed by atoms with van der Waals surface area (Å²) in [5, 5.41) is 13.7. The van der Waals surface area contributed by atoms with Crippen LogP contribution in [0, 0.1) is 0 Å². The second-order valence-electron chi connectivity index (χ2n) is 5.30. The van der Waals surface area contributed by atoms with Crippen molar-refractivity contribution < 1.29 is 19.1 Å². The molecule has 2 N–H and O–H groups in total. The summed E-state index contributed by atoms with van der Waals surface area (Å²) in [5.74, 6) is -0.317. The molecule has 9 heteroatoms. The maximum atomic E-state index is 11.8. The molecule has 1 aromatic heterocycles. The molecule has 0 saturated carbocycles. The smallest absolute Gasteiger partial charge is 0.349 e. The summed E-state index contributed by atoms with van der Waals surface area (Å²) in [6, 6.07) is 3.11. The van der Waals surface area contributed by atoms with E-state index >= 15 is 0 Å². The molecule has 25 heavy (non-hydrogen) atoms. The first-order valence-electron chi connectivity index (χ1n) is 7.44. The minimum atomic E-state index is -1.17. The molecule has 0 atom stereocenters. The molecule has 1 aromatic rings. The maximum Gasteiger partial charge on any atom is 0.349 e. The molecule has 0 aliphatic rings. The summed E-state index contributed by atoms with van der Waals surface area (Å²) in [7, 11) is 1.44. The van der Waals surface area contributed by atoms with Crippen molar-refractivity contribution in [1.82, 2.24) is 10.3 Å². The van der Waals surface area contributed by atoms with E-state index in [1.807, 2.05) is 0 Å². The lowest BCUT2D eigenvalue weighted by molar-refractivity contribution is -0.158. The third-order valence-electron chi connectivity index (χ3n) is 2.87. The van der Waals surface area contributed by atoms with Crippen LogP contribution in [0.1, 0.15) is 20.8 Å². The average Bonchev–Trinajstić information content (AvgIpc) is 2.54. The Hall–Kier alpha value is -2.61. The molecule has 136 valence electrons. The third kappa shape index (κ3) is 6.42. The molecule has 0 bridgehead atoms. The number of hydrogen-bond donors (Lipinski definition) is 2. The van der Waals surface area contributed by atoms with Gasteiger partial charge in [-0.25, -0.2) is 9.78 Å². The fraction of sp³-hybridized carbons (Fsp3) is 0.375. The van der Waals surface area contributed by atoms with Gasteiger partial charge in [0.1, 0.15) is 17.3 Å². The largest absolute Gasteiger partial charge is 0.793 e. The van der Waals surface area contributed by atoms with Gasteiger partial charge in [0.15, 0.2) is 5.60 Å². The molecule has 0 saturated heterocycles. The van der Waals surface area contributed by atoms with Gasteiger partial charge in [-0.1, -0.05) is 5.17 Å². The monoisotopic (exact) mass is 367 g/mol. The number of nitrogens with zero attached hydrogens (tertiary/aromatic N) is 2. The molecule has 1 amide bonds. The zero-order chi connectivity index (χ0) is 19.0. The van der Waals surface area contributed by atoms with Crippen molar-refractivity contribution in [3.05, 3.63) is 35.5 Å². The molecule has 0 spiro atoms. The molecule has 0 unspecified atom stereocenters. The van der Waals surface area contributed by atoms with E-state index in [1.165, 1.54) is 13.2 Å². The molecule has 0 aliphatic carbocycles. The number of anilines is 1. The fourth-order valence-corrected chi connectivity index (χ4v) is 1.82. The number of rotatable bonds is 8. The molecular formula is C16H20ClN4O4-. The van der Waals surface area contributed by atoms with E-state index in [0.717, 1.165) is 6.08 Å². The standard InChI is InChI=1S/C16H20ClN4O4/c1-5-24-15(23)16(2,3)25-10-6-7-13(20-9-10)21-11(8-12(17)18)14(22)19-4/h6-9H,5H2,1-4H3,(H,19,22)(H,20,21)/q-1/b11-8+. The van der Waals surface area contributed by atoms with Crippen LogP contribution in [-0.2, 0) is 14.3 Å². The highest BCUT2D eigenvalue weighted by molar-refractivity contribution is 6.69. The van der Waals surface area contributed by atoms with Gasteiger partial charge in [0, 0.05) is 7.05 Å². The molecular weight excluding hydrogens is 348 g/mol. The van der Waals surface area contributed by atoms with Crippen LogP contribution in [0.2, 0.25) is 0 Å². The van der Waals surface area contributed by atoms with Crippen LogP contribution >= 0.6 is 11.6 Å². The van der Waals surface area contributed by atoms with Gasteiger partial charge in [0.25, 0.3) is 5.91 Å². The number of amides is 1. The van der Waals surface area contributed by atoms with Gasteiger partial charge in [-0.2, -0.15) is 0 Å². The first-order valence-corrected chi connectivity index (χ1v) is 7.82. The Bertz CT molecular complexity index is 671. The van der Waals surface area contributed by atoms with E-state index in [-0.39, 0.29) is 12.3 Å². The first-order chi connectivity index (χ1) is 11.7. The van der Waals surface area contributed by atoms with Crippen molar-refractivity contribution in [3.8, 4) is 5.75 Å². The summed E-state index contributed by atoms with van der Waals surface area (Å²) < 4.78 is 10.5. The molecule has 0 fully saturated rings. The number of esters is 1. The Labute approximate surface area is 151 Å². The van der Waals surface area contributed by atoms with Crippen LogP contribution in [0.5, 0.6) is 5.75 Å². The van der Waals surface area contributed by atoms with Gasteiger partial charge in [-0.15, -0.1) is 11.6 Å². The molecule has 0 radical (unpaired) electrons. The van der Waals surface area contributed by atoms with E-state index in [9.17, 15) is 9.59 Å². The summed E-state index contributed by atoms with van der Waals surface area (Å²) in [5.41, 5.74) is -1.16. The Morgan fingerprint density at radius 2 is 2.08 bits per heavy atom. The Balaban J connectivity index is 2.87. The number of halogens is 1. The zero-order valence-corrected chi connectivity index (χ0v) is 15.2. The number of pyridine rings is 1. The highest BCUT2D eigenvalue weighted by Gasteiger charge is 2.31. The van der Waals surface area contributed by atoms with Crippen molar-refractivity contribution in [3.63, 3.8) is 0 Å². The predicted molar refractivity (Wildman–Crippen MR) is 95.6 cm³/mol. The number of ether oxygens (including phenoxy) is 2. The number of allylic oxidation sites excluding steroid dienone is 1.